The van der Waals surface area contributed by atoms with Crippen LogP contribution in [0, 0.1) is 6.92 Å². The molecular weight excluding hydrogens is 232 g/mol. The van der Waals surface area contributed by atoms with E-state index in [0.717, 1.165) is 25.1 Å². The van der Waals surface area contributed by atoms with Crippen molar-refractivity contribution < 1.29 is 9.53 Å². The monoisotopic (exact) mass is 250 g/mol. The molecule has 2 N–H and O–H groups in total. The van der Waals surface area contributed by atoms with E-state index in [9.17, 15) is 9.59 Å². The predicted molar refractivity (Wildman–Crippen MR) is 67.7 cm³/mol. The first-order chi connectivity index (χ1) is 8.58. The molecule has 1 aliphatic heterocycles. The van der Waals surface area contributed by atoms with Crippen molar-refractivity contribution in [2.75, 3.05) is 6.61 Å². The lowest BCUT2D eigenvalue weighted by Crippen LogP contribution is -2.42. The van der Waals surface area contributed by atoms with Gasteiger partial charge in [0.25, 0.3) is 5.91 Å². The van der Waals surface area contributed by atoms with Gasteiger partial charge >= 0.3 is 0 Å². The molecule has 2 heterocycles. The van der Waals surface area contributed by atoms with E-state index < -0.39 is 0 Å². The molecule has 1 aromatic heterocycles. The summed E-state index contributed by atoms with van der Waals surface area (Å²) >= 11 is 0. The third-order valence-corrected chi connectivity index (χ3v) is 3.18. The molecule has 2 unspecified atom stereocenters. The minimum atomic E-state index is -0.348. The van der Waals surface area contributed by atoms with Crippen molar-refractivity contribution in [2.45, 2.75) is 38.8 Å². The van der Waals surface area contributed by atoms with Crippen LogP contribution in [0.15, 0.2) is 17.1 Å². The number of carbonyl (C=O) groups excluding carboxylic acids is 1. The van der Waals surface area contributed by atoms with Crippen LogP contribution < -0.4 is 10.7 Å². The van der Waals surface area contributed by atoms with Gasteiger partial charge in [-0.15, -0.1) is 0 Å². The van der Waals surface area contributed by atoms with E-state index in [1.807, 2.05) is 6.92 Å². The summed E-state index contributed by atoms with van der Waals surface area (Å²) in [4.78, 5) is 26.5. The third kappa shape index (κ3) is 2.79. The number of ether oxygens (including phenoxy) is 1. The van der Waals surface area contributed by atoms with E-state index in [2.05, 4.69) is 10.3 Å². The number of pyridine rings is 1. The highest BCUT2D eigenvalue weighted by Crippen LogP contribution is 2.15. The Hall–Kier alpha value is -1.62. The van der Waals surface area contributed by atoms with Crippen LogP contribution in [0.25, 0.3) is 0 Å². The maximum Gasteiger partial charge on any atom is 0.257 e. The minimum absolute atomic E-state index is 0.0541. The summed E-state index contributed by atoms with van der Waals surface area (Å²) in [6, 6.07) is 1.34. The van der Waals surface area contributed by atoms with Crippen LogP contribution in [0.1, 0.15) is 35.8 Å². The Morgan fingerprint density at radius 2 is 2.39 bits per heavy atom. The molecule has 5 nitrogen and oxygen atoms in total. The number of aromatic amines is 1. The van der Waals surface area contributed by atoms with Crippen molar-refractivity contribution in [2.24, 2.45) is 0 Å². The van der Waals surface area contributed by atoms with Crippen molar-refractivity contribution >= 4 is 5.91 Å². The molecule has 5 heteroatoms. The summed E-state index contributed by atoms with van der Waals surface area (Å²) in [6.07, 6.45) is 3.48. The summed E-state index contributed by atoms with van der Waals surface area (Å²) < 4.78 is 5.50. The molecule has 98 valence electrons. The summed E-state index contributed by atoms with van der Waals surface area (Å²) in [7, 11) is 0. The molecule has 2 atom stereocenters. The second kappa shape index (κ2) is 5.35. The van der Waals surface area contributed by atoms with Crippen LogP contribution in [-0.2, 0) is 4.74 Å². The van der Waals surface area contributed by atoms with Crippen molar-refractivity contribution in [3.05, 3.63) is 33.7 Å². The summed E-state index contributed by atoms with van der Waals surface area (Å²) in [5.74, 6) is -0.348. The first-order valence-electron chi connectivity index (χ1n) is 6.19. The predicted octanol–water partition coefficient (Wildman–Crippen LogP) is 0.981. The molecule has 1 saturated heterocycles. The number of H-pyrrole nitrogens is 1. The van der Waals surface area contributed by atoms with Gasteiger partial charge in [-0.05, 0) is 26.7 Å². The molecule has 0 saturated carbocycles. The Morgan fingerprint density at radius 3 is 3.00 bits per heavy atom. The van der Waals surface area contributed by atoms with Crippen molar-refractivity contribution in [1.29, 1.82) is 0 Å². The largest absolute Gasteiger partial charge is 0.376 e. The molecular formula is C13H18N2O3. The molecule has 0 aliphatic carbocycles. The zero-order valence-corrected chi connectivity index (χ0v) is 10.7. The lowest BCUT2D eigenvalue weighted by Gasteiger charge is -2.19. The number of nitrogens with one attached hydrogen (secondary N) is 2. The quantitative estimate of drug-likeness (QED) is 0.840. The minimum Gasteiger partial charge on any atom is -0.376 e. The molecule has 1 fully saturated rings. The van der Waals surface area contributed by atoms with Gasteiger partial charge in [-0.3, -0.25) is 9.59 Å². The van der Waals surface area contributed by atoms with E-state index in [1.54, 1.807) is 6.92 Å². The van der Waals surface area contributed by atoms with Crippen LogP contribution in [0.4, 0.5) is 0 Å². The number of hydrogen-bond acceptors (Lipinski definition) is 3. The van der Waals surface area contributed by atoms with Gasteiger partial charge in [0.05, 0.1) is 12.1 Å². The van der Waals surface area contributed by atoms with E-state index in [-0.39, 0.29) is 29.0 Å². The highest BCUT2D eigenvalue weighted by Gasteiger charge is 2.24. The summed E-state index contributed by atoms with van der Waals surface area (Å²) in [5.41, 5.74) is 0.623. The van der Waals surface area contributed by atoms with Crippen molar-refractivity contribution in [3.8, 4) is 0 Å². The van der Waals surface area contributed by atoms with E-state index in [1.165, 1.54) is 12.3 Å². The zero-order valence-electron chi connectivity index (χ0n) is 10.7. The fourth-order valence-electron chi connectivity index (χ4n) is 2.13. The molecule has 2 rings (SSSR count). The first kappa shape index (κ1) is 12.8. The molecule has 0 spiro atoms. The number of carbonyl (C=O) groups is 1. The Bertz CT molecular complexity index is 489. The smallest absolute Gasteiger partial charge is 0.257 e. The van der Waals surface area contributed by atoms with Gasteiger partial charge in [0.15, 0.2) is 5.43 Å². The SMILES string of the molecule is Cc1cc(=O)c(C(=O)NC(C)C2CCCO2)c[nH]1. The lowest BCUT2D eigenvalue weighted by molar-refractivity contribution is 0.0711. The Labute approximate surface area is 106 Å². The van der Waals surface area contributed by atoms with E-state index in [0.29, 0.717) is 0 Å². The third-order valence-electron chi connectivity index (χ3n) is 3.18. The van der Waals surface area contributed by atoms with E-state index >= 15 is 0 Å². The van der Waals surface area contributed by atoms with Crippen LogP contribution in [-0.4, -0.2) is 29.6 Å². The fraction of sp³-hybridized carbons (Fsp3) is 0.538. The standard InChI is InChI=1S/C13H18N2O3/c1-8-6-11(16)10(7-14-8)13(17)15-9(2)12-4-3-5-18-12/h6-7,9,12H,3-5H2,1-2H3,(H,14,16)(H,15,17). The highest BCUT2D eigenvalue weighted by atomic mass is 16.5. The molecule has 18 heavy (non-hydrogen) atoms. The average Bonchev–Trinajstić information content (AvgIpc) is 2.81. The number of hydrogen-bond donors (Lipinski definition) is 2. The number of aromatic nitrogens is 1. The Morgan fingerprint density at radius 1 is 1.61 bits per heavy atom. The van der Waals surface area contributed by atoms with Gasteiger partial charge in [-0.1, -0.05) is 0 Å². The Balaban J connectivity index is 2.05. The normalized spacial score (nSPS) is 20.7. The molecule has 0 bridgehead atoms. The van der Waals surface area contributed by atoms with Crippen LogP contribution in [0.2, 0.25) is 0 Å². The summed E-state index contributed by atoms with van der Waals surface area (Å²) in [6.45, 7) is 4.42. The second-order valence-corrected chi connectivity index (χ2v) is 4.71. The molecule has 1 aromatic rings. The van der Waals surface area contributed by atoms with Gasteiger partial charge in [0, 0.05) is 24.6 Å². The second-order valence-electron chi connectivity index (χ2n) is 4.71. The first-order valence-corrected chi connectivity index (χ1v) is 6.19. The number of aryl methyl sites for hydroxylation is 1. The van der Waals surface area contributed by atoms with Gasteiger partial charge < -0.3 is 15.0 Å². The fourth-order valence-corrected chi connectivity index (χ4v) is 2.13. The zero-order chi connectivity index (χ0) is 13.1. The topological polar surface area (TPSA) is 71.2 Å². The van der Waals surface area contributed by atoms with Gasteiger partial charge in [-0.2, -0.15) is 0 Å². The van der Waals surface area contributed by atoms with Gasteiger partial charge in [-0.25, -0.2) is 0 Å². The van der Waals surface area contributed by atoms with E-state index in [4.69, 9.17) is 4.74 Å². The molecule has 1 aliphatic rings. The van der Waals surface area contributed by atoms with Gasteiger partial charge in [0.2, 0.25) is 0 Å². The maximum atomic E-state index is 12.0. The molecule has 1 amide bonds. The van der Waals surface area contributed by atoms with Crippen LogP contribution >= 0.6 is 0 Å². The van der Waals surface area contributed by atoms with Crippen LogP contribution in [0.5, 0.6) is 0 Å². The summed E-state index contributed by atoms with van der Waals surface area (Å²) in [5, 5.41) is 2.81. The maximum absolute atomic E-state index is 12.0. The number of rotatable bonds is 3. The van der Waals surface area contributed by atoms with Crippen molar-refractivity contribution in [1.82, 2.24) is 10.3 Å². The van der Waals surface area contributed by atoms with Crippen LogP contribution in [0.3, 0.4) is 0 Å². The molecule has 0 radical (unpaired) electrons. The molecule has 0 aromatic carbocycles. The van der Waals surface area contributed by atoms with Crippen molar-refractivity contribution in [3.63, 3.8) is 0 Å². The van der Waals surface area contributed by atoms with Gasteiger partial charge in [0.1, 0.15) is 5.56 Å². The Kier molecular flexibility index (Phi) is 3.81. The average molecular weight is 250 g/mol. The lowest BCUT2D eigenvalue weighted by atomic mass is 10.1. The highest BCUT2D eigenvalue weighted by molar-refractivity contribution is 5.93. The number of amides is 1.